The SMILES string of the molecule is Fc1cnc(N/N=C\c2ccc(Cc3cccc(C(F)(F)F)c3)cn2)nc1N1CCOCC1.O=C(Nc1cc(Br)cc(Cl)c1O)c1ccc(/C=N\Nc2ncc(F)c(N3CCOCC3)n2)c(O)c1Cl.Oc1c(Cl)cc(Br)cc1Nc1ccc(/C=N\Nc2ncc(F)c(N3CCOCC3)n2)c(O)c1Cl.Oc1c(Cl)cc(Br)cc1Oc1ccc(/C=N\Nc2ncc(F)c(N3CCOCC3)n2)c(O)c1Cl. The molecule has 7 aromatic carbocycles. The van der Waals surface area contributed by atoms with Gasteiger partial charge in [0.2, 0.25) is 23.8 Å². The van der Waals surface area contributed by atoms with Gasteiger partial charge in [-0.1, -0.05) is 142 Å². The number of nitrogens with one attached hydrogen (secondary N) is 6. The van der Waals surface area contributed by atoms with E-state index >= 15 is 0 Å². The largest absolute Gasteiger partial charge is 0.506 e. The second-order valence-corrected chi connectivity index (χ2v) is 33.9. The third kappa shape index (κ3) is 27.7. The average molecular weight is 2210 g/mol. The van der Waals surface area contributed by atoms with Crippen molar-refractivity contribution < 1.29 is 89.9 Å². The van der Waals surface area contributed by atoms with Gasteiger partial charge in [-0.25, -0.2) is 59.2 Å². The molecule has 4 saturated heterocycles. The molecular formula is C86H73Br3Cl6F7N23O12. The lowest BCUT2D eigenvalue weighted by Gasteiger charge is -2.27. The first-order chi connectivity index (χ1) is 65.8. The topological polar surface area (TPSA) is 435 Å². The Bertz CT molecular complexity index is 6280. The Morgan fingerprint density at radius 1 is 0.416 bits per heavy atom. The molecule has 0 bridgehead atoms. The number of rotatable bonds is 24. The molecule has 4 fully saturated rings. The quantitative estimate of drug-likeness (QED) is 0.0116. The molecule has 9 heterocycles. The molecule has 0 unspecified atom stereocenters. The summed E-state index contributed by atoms with van der Waals surface area (Å²) in [6.45, 7) is 8.02. The Labute approximate surface area is 828 Å². The fourth-order valence-corrected chi connectivity index (χ4v) is 15.8. The summed E-state index contributed by atoms with van der Waals surface area (Å²) in [4.78, 5) is 56.1. The highest BCUT2D eigenvalue weighted by atomic mass is 79.9. The number of benzene rings is 7. The van der Waals surface area contributed by atoms with Crippen LogP contribution in [0.2, 0.25) is 30.1 Å². The van der Waals surface area contributed by atoms with Crippen LogP contribution in [0.25, 0.3) is 0 Å². The highest BCUT2D eigenvalue weighted by Crippen LogP contribution is 2.46. The molecule has 137 heavy (non-hydrogen) atoms. The van der Waals surface area contributed by atoms with Crippen LogP contribution in [-0.2, 0) is 31.5 Å². The van der Waals surface area contributed by atoms with Crippen molar-refractivity contribution in [1.29, 1.82) is 0 Å². The summed E-state index contributed by atoms with van der Waals surface area (Å²) in [7, 11) is 0. The van der Waals surface area contributed by atoms with Crippen molar-refractivity contribution in [3.63, 3.8) is 0 Å². The lowest BCUT2D eigenvalue weighted by atomic mass is 10.0. The monoisotopic (exact) mass is 2200 g/mol. The number of phenolic OH excluding ortho intramolecular Hbond substituents is 6. The number of amides is 1. The third-order valence-electron chi connectivity index (χ3n) is 19.6. The number of aromatic nitrogens is 9. The zero-order chi connectivity index (χ0) is 97.6. The number of ether oxygens (including phenoxy) is 5. The number of anilines is 11. The molecule has 0 saturated carbocycles. The van der Waals surface area contributed by atoms with E-state index in [4.69, 9.17) is 93.3 Å². The number of hydrazone groups is 4. The lowest BCUT2D eigenvalue weighted by Crippen LogP contribution is -2.37. The second-order valence-electron chi connectivity index (χ2n) is 28.8. The Balaban J connectivity index is 0.000000154. The molecule has 0 aliphatic carbocycles. The van der Waals surface area contributed by atoms with Crippen LogP contribution in [0.1, 0.15) is 49.4 Å². The molecule has 0 atom stereocenters. The minimum Gasteiger partial charge on any atom is -0.506 e. The highest BCUT2D eigenvalue weighted by molar-refractivity contribution is 9.11. The van der Waals surface area contributed by atoms with E-state index < -0.39 is 46.7 Å². The van der Waals surface area contributed by atoms with Crippen molar-refractivity contribution in [3.8, 4) is 46.0 Å². The van der Waals surface area contributed by atoms with Gasteiger partial charge in [-0.15, -0.1) is 0 Å². The predicted molar refractivity (Wildman–Crippen MR) is 517 cm³/mol. The van der Waals surface area contributed by atoms with Crippen molar-refractivity contribution in [2.45, 2.75) is 12.6 Å². The summed E-state index contributed by atoms with van der Waals surface area (Å²) in [5, 5.41) is 83.1. The predicted octanol–water partition coefficient (Wildman–Crippen LogP) is 18.8. The minimum atomic E-state index is -4.38. The molecule has 1 amide bonds. The Morgan fingerprint density at radius 3 is 1.25 bits per heavy atom. The standard InChI is InChI=1S/C22H18BrCl2FN6O4.C22H20F4N6O.C21H18BrCl2FN6O3.C21H17BrCl2FN5O4/c23-12-7-14(24)19(34)16(8-12)29-21(35)13-2-1-11(18(33)17(13)25)9-28-31-22-27-10-15(26)20(30-22)32-3-5-36-6-4-32;23-19-14-28-21(30-20(19)32-6-8-33-9-7-32)31-29-13-18-5-4-16(12-27-18)10-15-2-1-3-17(11-15)22(24,25)26;22-12-7-13(23)19(33)16(8-12)28-15-2-1-11(18(32)17(15)24)9-27-30-21-26-10-14(25)20(29-21)31-3-5-34-6-4-31;22-12-7-13(23)19(32)16(8-12)34-15-2-1-11(18(31)17(15)24)9-27-29-21-26-10-14(25)20(28-21)30-3-5-33-6-4-30/h1-2,7-10,33-34H,3-6H2,(H,29,35)(H,27,30,31);1-5,11-14H,6-10H2,(H,28,30,31);1-2,7-10,28,32-33H,3-6H2,(H,26,29,30);1-2,7-10,31-32H,3-6H2,(H,26,28,29)/b28-9-;29-13-;2*27-9-. The van der Waals surface area contributed by atoms with Gasteiger partial charge in [-0.2, -0.15) is 53.5 Å². The molecule has 0 spiro atoms. The molecule has 51 heteroatoms. The average Bonchev–Trinajstić information content (AvgIpc) is 0.833. The van der Waals surface area contributed by atoms with Crippen molar-refractivity contribution in [2.75, 3.05) is 157 Å². The summed E-state index contributed by atoms with van der Waals surface area (Å²) < 4.78 is 124. The van der Waals surface area contributed by atoms with Crippen LogP contribution in [0.15, 0.2) is 174 Å². The summed E-state index contributed by atoms with van der Waals surface area (Å²) >= 11 is 46.4. The van der Waals surface area contributed by atoms with Gasteiger partial charge < -0.3 is 84.6 Å². The first-order valence-corrected chi connectivity index (χ1v) is 45.0. The smallest absolute Gasteiger partial charge is 0.416 e. The number of aromatic hydroxyl groups is 6. The maximum atomic E-state index is 14.2. The molecular weight excluding hydrogens is 2130 g/mol. The van der Waals surface area contributed by atoms with Gasteiger partial charge in [-0.3, -0.25) is 9.78 Å². The molecule has 35 nitrogen and oxygen atoms in total. The maximum absolute atomic E-state index is 14.2. The van der Waals surface area contributed by atoms with Crippen molar-refractivity contribution in [2.24, 2.45) is 20.4 Å². The van der Waals surface area contributed by atoms with Gasteiger partial charge in [0.25, 0.3) is 5.91 Å². The Kier molecular flexibility index (Phi) is 35.7. The number of hydrogen-bond donors (Lipinski definition) is 12. The van der Waals surface area contributed by atoms with Crippen molar-refractivity contribution in [1.82, 2.24) is 44.9 Å². The molecule has 16 rings (SSSR count). The molecule has 12 N–H and O–H groups in total. The zero-order valence-electron chi connectivity index (χ0n) is 70.4. The van der Waals surface area contributed by atoms with E-state index in [0.29, 0.717) is 153 Å². The Hall–Kier alpha value is -12.5. The van der Waals surface area contributed by atoms with Crippen LogP contribution in [0.5, 0.6) is 46.0 Å². The van der Waals surface area contributed by atoms with Crippen molar-refractivity contribution in [3.05, 3.63) is 252 Å². The number of morpholine rings is 4. The van der Waals surface area contributed by atoms with Crippen LogP contribution in [0.4, 0.5) is 94.9 Å². The van der Waals surface area contributed by atoms with E-state index in [1.165, 1.54) is 79.5 Å². The highest BCUT2D eigenvalue weighted by Gasteiger charge is 2.31. The van der Waals surface area contributed by atoms with E-state index in [1.54, 1.807) is 68.3 Å². The van der Waals surface area contributed by atoms with Crippen LogP contribution in [0, 0.1) is 23.3 Å². The number of halogens is 16. The van der Waals surface area contributed by atoms with Gasteiger partial charge in [0, 0.05) is 88.7 Å². The zero-order valence-corrected chi connectivity index (χ0v) is 79.7. The van der Waals surface area contributed by atoms with Gasteiger partial charge >= 0.3 is 6.18 Å². The summed E-state index contributed by atoms with van der Waals surface area (Å²) in [6, 6.07) is 26.7. The van der Waals surface area contributed by atoms with E-state index in [-0.39, 0.29) is 140 Å². The van der Waals surface area contributed by atoms with Crippen LogP contribution in [-0.4, -0.2) is 211 Å². The molecule has 5 aromatic heterocycles. The molecule has 4 aliphatic rings. The lowest BCUT2D eigenvalue weighted by molar-refractivity contribution is -0.137. The van der Waals surface area contributed by atoms with Gasteiger partial charge in [-0.05, 0) is 102 Å². The minimum absolute atomic E-state index is 0.00656. The van der Waals surface area contributed by atoms with E-state index in [2.05, 4.69) is 145 Å². The fraction of sp³-hybridized carbons (Fsp3) is 0.209. The first kappa shape index (κ1) is 102. The number of alkyl halides is 3. The molecule has 716 valence electrons. The number of nitrogens with zero attached hydrogens (tertiary/aromatic N) is 17. The van der Waals surface area contributed by atoms with Gasteiger partial charge in [0.1, 0.15) is 33.0 Å². The van der Waals surface area contributed by atoms with E-state index in [0.717, 1.165) is 42.5 Å². The molecule has 12 aromatic rings. The summed E-state index contributed by atoms with van der Waals surface area (Å²) in [6.07, 6.45) is 7.04. The maximum Gasteiger partial charge on any atom is 0.416 e. The molecule has 0 radical (unpaired) electrons. The van der Waals surface area contributed by atoms with E-state index in [9.17, 15) is 66.2 Å². The number of phenols is 6. The number of carbonyl (C=O) groups excluding carboxylic acids is 1. The fourth-order valence-electron chi connectivity index (χ4n) is 12.8. The number of carbonyl (C=O) groups is 1. The second kappa shape index (κ2) is 48.0. The van der Waals surface area contributed by atoms with Crippen LogP contribution < -0.4 is 56.7 Å². The normalized spacial score (nSPS) is 14.0. The van der Waals surface area contributed by atoms with Crippen LogP contribution >= 0.6 is 117 Å². The van der Waals surface area contributed by atoms with Crippen molar-refractivity contribution >= 4 is 212 Å². The Morgan fingerprint density at radius 2 is 0.810 bits per heavy atom. The number of pyridine rings is 1. The summed E-state index contributed by atoms with van der Waals surface area (Å²) in [5.41, 5.74) is 13.0. The molecule has 4 aliphatic heterocycles. The van der Waals surface area contributed by atoms with Crippen LogP contribution in [0.3, 0.4) is 0 Å². The third-order valence-corrected chi connectivity index (χ3v) is 22.9. The van der Waals surface area contributed by atoms with Gasteiger partial charge in [0.15, 0.2) is 69.5 Å². The van der Waals surface area contributed by atoms with E-state index in [1.807, 2.05) is 0 Å². The first-order valence-electron chi connectivity index (χ1n) is 40.3. The summed E-state index contributed by atoms with van der Waals surface area (Å²) in [5.74, 6) is -3.46. The number of hydrogen-bond acceptors (Lipinski definition) is 34. The van der Waals surface area contributed by atoms with Gasteiger partial charge in [0.05, 0.1) is 156 Å².